The van der Waals surface area contributed by atoms with Gasteiger partial charge in [-0.1, -0.05) is 134 Å². The van der Waals surface area contributed by atoms with Gasteiger partial charge in [-0.05, 0) is 64.2 Å². The van der Waals surface area contributed by atoms with Gasteiger partial charge in [0, 0.05) is 13.0 Å². The van der Waals surface area contributed by atoms with Crippen LogP contribution in [0.1, 0.15) is 168 Å². The van der Waals surface area contributed by atoms with Crippen molar-refractivity contribution >= 4 is 5.97 Å². The highest BCUT2D eigenvalue weighted by atomic mass is 16.7. The molecular formula is C49H88O14. The zero-order chi connectivity index (χ0) is 45.9. The van der Waals surface area contributed by atoms with Gasteiger partial charge < -0.3 is 64.2 Å². The maximum absolute atomic E-state index is 12.9. The number of ether oxygens (including phenoxy) is 6. The summed E-state index contributed by atoms with van der Waals surface area (Å²) in [6.07, 6.45) is 23.6. The van der Waals surface area contributed by atoms with Gasteiger partial charge in [0.1, 0.15) is 54.9 Å². The minimum absolute atomic E-state index is 0.0543. The van der Waals surface area contributed by atoms with Crippen LogP contribution in [0.3, 0.4) is 0 Å². The monoisotopic (exact) mass is 901 g/mol. The molecule has 0 saturated carbocycles. The quantitative estimate of drug-likeness (QED) is 0.0197. The van der Waals surface area contributed by atoms with E-state index in [1.54, 1.807) is 0 Å². The van der Waals surface area contributed by atoms with Crippen LogP contribution in [0.15, 0.2) is 36.5 Å². The van der Waals surface area contributed by atoms with Crippen molar-refractivity contribution < 1.29 is 69.0 Å². The fourth-order valence-electron chi connectivity index (χ4n) is 7.55. The maximum atomic E-state index is 12.9. The second-order valence-electron chi connectivity index (χ2n) is 17.3. The third kappa shape index (κ3) is 25.6. The Kier molecular flexibility index (Phi) is 34.0. The van der Waals surface area contributed by atoms with E-state index in [4.69, 9.17) is 28.4 Å². The van der Waals surface area contributed by atoms with E-state index in [9.17, 15) is 40.5 Å². The average molecular weight is 901 g/mol. The van der Waals surface area contributed by atoms with Crippen molar-refractivity contribution in [2.75, 3.05) is 33.0 Å². The van der Waals surface area contributed by atoms with E-state index in [0.29, 0.717) is 13.0 Å². The summed E-state index contributed by atoms with van der Waals surface area (Å²) in [5, 5.41) is 72.0. The van der Waals surface area contributed by atoms with Crippen LogP contribution in [-0.2, 0) is 33.2 Å². The molecule has 2 fully saturated rings. The summed E-state index contributed by atoms with van der Waals surface area (Å²) in [4.78, 5) is 12.9. The molecule has 0 aromatic carbocycles. The van der Waals surface area contributed by atoms with E-state index >= 15 is 0 Å². The van der Waals surface area contributed by atoms with E-state index in [1.807, 2.05) is 0 Å². The zero-order valence-electron chi connectivity index (χ0n) is 38.8. The largest absolute Gasteiger partial charge is 0.457 e. The SMILES string of the molecule is CCC/C=C\CCCCCCCC(=O)OC(COCCCCCCCCCC/C=C\C/C=C\CCCCCC)COC1OC(COC2OC(CO)C(O)C(O)C2O)C(O)C(O)C1O. The molecule has 0 spiro atoms. The molecule has 368 valence electrons. The number of aliphatic hydroxyl groups is 7. The van der Waals surface area contributed by atoms with Gasteiger partial charge in [-0.3, -0.25) is 4.79 Å². The number of carbonyl (C=O) groups is 1. The first-order valence-corrected chi connectivity index (χ1v) is 24.6. The Labute approximate surface area is 379 Å². The van der Waals surface area contributed by atoms with Gasteiger partial charge in [0.25, 0.3) is 0 Å². The van der Waals surface area contributed by atoms with Gasteiger partial charge in [0.15, 0.2) is 12.6 Å². The Morgan fingerprint density at radius 1 is 0.524 bits per heavy atom. The highest BCUT2D eigenvalue weighted by molar-refractivity contribution is 5.69. The zero-order valence-corrected chi connectivity index (χ0v) is 38.8. The van der Waals surface area contributed by atoms with Crippen molar-refractivity contribution in [1.29, 1.82) is 0 Å². The van der Waals surface area contributed by atoms with E-state index in [2.05, 4.69) is 50.3 Å². The fraction of sp³-hybridized carbons (Fsp3) is 0.857. The number of unbranched alkanes of at least 4 members (excludes halogenated alkanes) is 18. The van der Waals surface area contributed by atoms with E-state index in [0.717, 1.165) is 77.0 Å². The molecule has 0 amide bonds. The Bertz CT molecular complexity index is 1180. The fourth-order valence-corrected chi connectivity index (χ4v) is 7.55. The normalized spacial score (nSPS) is 27.3. The standard InChI is InChI=1S/C49H88O14/c1-3-5-7-9-11-13-15-16-17-18-19-20-21-22-23-25-27-29-31-33-58-35-38(61-41(51)32-30-28-26-24-14-12-10-8-6-4-2)36-59-48-47(57)45(55)43(53)40(63-48)37-60-49-46(56)44(54)42(52)39(34-50)62-49/h8,10,13,15,17-18,38-40,42-50,52-57H,3-7,9,11-12,14,16,19-37H2,1-2H3/b10-8-,15-13-,18-17-. The maximum Gasteiger partial charge on any atom is 0.306 e. The van der Waals surface area contributed by atoms with Gasteiger partial charge in [0.05, 0.1) is 26.4 Å². The number of hydrogen-bond acceptors (Lipinski definition) is 14. The molecule has 0 aliphatic carbocycles. The molecule has 2 aliphatic rings. The van der Waals surface area contributed by atoms with Gasteiger partial charge in [-0.15, -0.1) is 0 Å². The predicted molar refractivity (Wildman–Crippen MR) is 243 cm³/mol. The number of allylic oxidation sites excluding steroid dienone is 6. The van der Waals surface area contributed by atoms with E-state index in [1.165, 1.54) is 64.2 Å². The molecule has 2 aliphatic heterocycles. The molecule has 0 radical (unpaired) electrons. The van der Waals surface area contributed by atoms with Crippen molar-refractivity contribution in [2.45, 2.75) is 235 Å². The average Bonchev–Trinajstić information content (AvgIpc) is 3.28. The lowest BCUT2D eigenvalue weighted by molar-refractivity contribution is -0.332. The Morgan fingerprint density at radius 3 is 1.60 bits per heavy atom. The van der Waals surface area contributed by atoms with Gasteiger partial charge in [-0.2, -0.15) is 0 Å². The Morgan fingerprint density at radius 2 is 1.02 bits per heavy atom. The molecule has 14 heteroatoms. The molecule has 7 N–H and O–H groups in total. The molecule has 2 saturated heterocycles. The van der Waals surface area contributed by atoms with Crippen molar-refractivity contribution in [3.63, 3.8) is 0 Å². The molecule has 11 atom stereocenters. The number of esters is 1. The van der Waals surface area contributed by atoms with Crippen LogP contribution in [0.2, 0.25) is 0 Å². The highest BCUT2D eigenvalue weighted by Crippen LogP contribution is 2.26. The number of rotatable bonds is 38. The lowest BCUT2D eigenvalue weighted by atomic mass is 9.98. The van der Waals surface area contributed by atoms with Crippen LogP contribution in [0.5, 0.6) is 0 Å². The highest BCUT2D eigenvalue weighted by Gasteiger charge is 2.47. The van der Waals surface area contributed by atoms with E-state index in [-0.39, 0.29) is 19.6 Å². The minimum atomic E-state index is -1.71. The summed E-state index contributed by atoms with van der Waals surface area (Å²) < 4.78 is 34.2. The van der Waals surface area contributed by atoms with Gasteiger partial charge in [-0.25, -0.2) is 0 Å². The summed E-state index contributed by atoms with van der Waals surface area (Å²) in [5.41, 5.74) is 0. The van der Waals surface area contributed by atoms with E-state index < -0.39 is 86.7 Å². The van der Waals surface area contributed by atoms with Gasteiger partial charge in [0.2, 0.25) is 0 Å². The van der Waals surface area contributed by atoms with Crippen LogP contribution >= 0.6 is 0 Å². The molecule has 11 unspecified atom stereocenters. The third-order valence-corrected chi connectivity index (χ3v) is 11.6. The first-order valence-electron chi connectivity index (χ1n) is 24.6. The van der Waals surface area contributed by atoms with Gasteiger partial charge >= 0.3 is 5.97 Å². The molecule has 2 heterocycles. The van der Waals surface area contributed by atoms with Crippen LogP contribution in [-0.4, -0.2) is 142 Å². The van der Waals surface area contributed by atoms with Crippen molar-refractivity contribution in [1.82, 2.24) is 0 Å². The number of hydrogen-bond donors (Lipinski definition) is 7. The molecular weight excluding hydrogens is 813 g/mol. The second-order valence-corrected chi connectivity index (χ2v) is 17.3. The Balaban J connectivity index is 1.76. The van der Waals surface area contributed by atoms with Crippen LogP contribution in [0, 0.1) is 0 Å². The summed E-state index contributed by atoms with van der Waals surface area (Å²) in [6.45, 7) is 3.57. The van der Waals surface area contributed by atoms with Crippen molar-refractivity contribution in [2.24, 2.45) is 0 Å². The summed E-state index contributed by atoms with van der Waals surface area (Å²) in [7, 11) is 0. The lowest BCUT2D eigenvalue weighted by Crippen LogP contribution is -2.61. The molecule has 0 aromatic heterocycles. The predicted octanol–water partition coefficient (Wildman–Crippen LogP) is 6.63. The van der Waals surface area contributed by atoms with Crippen LogP contribution in [0.4, 0.5) is 0 Å². The topological polar surface area (TPSA) is 214 Å². The smallest absolute Gasteiger partial charge is 0.306 e. The van der Waals surface area contributed by atoms with Crippen molar-refractivity contribution in [3.05, 3.63) is 36.5 Å². The lowest BCUT2D eigenvalue weighted by Gasteiger charge is -2.42. The Hall–Kier alpha value is -1.79. The van der Waals surface area contributed by atoms with Crippen molar-refractivity contribution in [3.8, 4) is 0 Å². The first-order chi connectivity index (χ1) is 30.6. The second kappa shape index (κ2) is 37.3. The molecule has 0 bridgehead atoms. The minimum Gasteiger partial charge on any atom is -0.457 e. The number of carbonyl (C=O) groups excluding carboxylic acids is 1. The summed E-state index contributed by atoms with van der Waals surface area (Å²) >= 11 is 0. The first kappa shape index (κ1) is 57.3. The summed E-state index contributed by atoms with van der Waals surface area (Å²) in [6, 6.07) is 0. The molecule has 0 aromatic rings. The van der Waals surface area contributed by atoms with Crippen LogP contribution in [0.25, 0.3) is 0 Å². The number of aliphatic hydroxyl groups excluding tert-OH is 7. The molecule has 2 rings (SSSR count). The molecule has 14 nitrogen and oxygen atoms in total. The molecule has 63 heavy (non-hydrogen) atoms. The third-order valence-electron chi connectivity index (χ3n) is 11.6. The summed E-state index contributed by atoms with van der Waals surface area (Å²) in [5.74, 6) is -0.391. The van der Waals surface area contributed by atoms with Crippen LogP contribution < -0.4 is 0 Å².